The summed E-state index contributed by atoms with van der Waals surface area (Å²) in [6, 6.07) is 12.7. The van der Waals surface area contributed by atoms with E-state index in [1.807, 2.05) is 24.3 Å². The summed E-state index contributed by atoms with van der Waals surface area (Å²) in [7, 11) is -2.40. The summed E-state index contributed by atoms with van der Waals surface area (Å²) in [4.78, 5) is 27.4. The van der Waals surface area contributed by atoms with Gasteiger partial charge < -0.3 is 4.74 Å². The van der Waals surface area contributed by atoms with Crippen molar-refractivity contribution in [3.8, 4) is 0 Å². The first kappa shape index (κ1) is 21.8. The lowest BCUT2D eigenvalue weighted by molar-refractivity contribution is -0.143. The van der Waals surface area contributed by atoms with Crippen LogP contribution in [0.4, 0.5) is 5.69 Å². The van der Waals surface area contributed by atoms with Crippen LogP contribution in [0.2, 0.25) is 5.02 Å². The van der Waals surface area contributed by atoms with Gasteiger partial charge in [-0.15, -0.1) is 0 Å². The van der Waals surface area contributed by atoms with Crippen LogP contribution in [0.15, 0.2) is 53.4 Å². The van der Waals surface area contributed by atoms with E-state index in [0.717, 1.165) is 5.56 Å². The highest BCUT2D eigenvalue weighted by Crippen LogP contribution is 2.49. The molecule has 1 atom stereocenters. The Morgan fingerprint density at radius 2 is 1.71 bits per heavy atom. The van der Waals surface area contributed by atoms with Crippen LogP contribution in [0.5, 0.6) is 0 Å². The molecule has 2 aromatic carbocycles. The number of carbonyl (C=O) groups is 2. The first-order valence-corrected chi connectivity index (χ1v) is 11.8. The smallest absolute Gasteiger partial charge is 0.328 e. The summed E-state index contributed by atoms with van der Waals surface area (Å²) >= 11 is 5.88. The maximum atomic E-state index is 13.6. The third-order valence-electron chi connectivity index (χ3n) is 6.26. The zero-order valence-corrected chi connectivity index (χ0v) is 18.8. The minimum atomic E-state index is -3.69. The van der Waals surface area contributed by atoms with E-state index in [9.17, 15) is 18.0 Å². The Hall–Kier alpha value is -2.42. The highest BCUT2D eigenvalue weighted by atomic mass is 35.5. The molecule has 4 rings (SSSR count). The maximum absolute atomic E-state index is 13.6. The summed E-state index contributed by atoms with van der Waals surface area (Å²) in [6.45, 7) is 2.04. The predicted molar refractivity (Wildman–Crippen MR) is 117 cm³/mol. The second-order valence-corrected chi connectivity index (χ2v) is 10.2. The highest BCUT2D eigenvalue weighted by molar-refractivity contribution is 7.89. The van der Waals surface area contributed by atoms with Crippen molar-refractivity contribution in [2.45, 2.75) is 36.1 Å². The number of methoxy groups -OCH3 is 1. The Morgan fingerprint density at radius 3 is 2.32 bits per heavy atom. The van der Waals surface area contributed by atoms with E-state index < -0.39 is 27.4 Å². The molecule has 7 nitrogen and oxygen atoms in total. The SMILES string of the molecule is COC(=O)C(C)N1C(=O)C2(CCN(S(=O)(=O)c3ccc(Cl)cc3)CC2)c2ccccc21. The molecule has 0 bridgehead atoms. The Morgan fingerprint density at radius 1 is 1.10 bits per heavy atom. The van der Waals surface area contributed by atoms with Crippen LogP contribution in [-0.4, -0.2) is 50.8 Å². The van der Waals surface area contributed by atoms with Crippen LogP contribution < -0.4 is 4.90 Å². The number of carbonyl (C=O) groups excluding carboxylic acids is 2. The van der Waals surface area contributed by atoms with Crippen LogP contribution >= 0.6 is 11.6 Å². The molecule has 164 valence electrons. The first-order chi connectivity index (χ1) is 14.7. The molecule has 31 heavy (non-hydrogen) atoms. The van der Waals surface area contributed by atoms with Crippen LogP contribution in [-0.2, 0) is 29.8 Å². The van der Waals surface area contributed by atoms with E-state index in [0.29, 0.717) is 23.6 Å². The molecule has 2 aliphatic heterocycles. The molecule has 1 saturated heterocycles. The number of fused-ring (bicyclic) bond motifs is 2. The number of piperidine rings is 1. The minimum absolute atomic E-state index is 0.173. The van der Waals surface area contributed by atoms with Gasteiger partial charge in [-0.1, -0.05) is 29.8 Å². The fraction of sp³-hybridized carbons (Fsp3) is 0.364. The van der Waals surface area contributed by atoms with Gasteiger partial charge in [0, 0.05) is 23.8 Å². The van der Waals surface area contributed by atoms with Crippen molar-refractivity contribution in [2.24, 2.45) is 0 Å². The Balaban J connectivity index is 1.64. The summed E-state index contributed by atoms with van der Waals surface area (Å²) in [5.74, 6) is -0.682. The quantitative estimate of drug-likeness (QED) is 0.652. The summed E-state index contributed by atoms with van der Waals surface area (Å²) in [5.41, 5.74) is 0.656. The van der Waals surface area contributed by atoms with Gasteiger partial charge in [0.05, 0.1) is 17.4 Å². The molecule has 1 fully saturated rings. The van der Waals surface area contributed by atoms with E-state index in [-0.39, 0.29) is 23.9 Å². The number of sulfonamides is 1. The molecule has 1 amide bonds. The standard InChI is InChI=1S/C22H23ClN2O5S/c1-15(20(26)30-2)25-19-6-4-3-5-18(19)22(21(25)27)11-13-24(14-12-22)31(28,29)17-9-7-16(23)8-10-17/h3-10,15H,11-14H2,1-2H3. The zero-order chi connectivity index (χ0) is 22.4. The lowest BCUT2D eigenvalue weighted by Crippen LogP contribution is -2.52. The van der Waals surface area contributed by atoms with E-state index >= 15 is 0 Å². The van der Waals surface area contributed by atoms with E-state index in [1.165, 1.54) is 28.4 Å². The number of para-hydroxylation sites is 1. The Labute approximate surface area is 186 Å². The van der Waals surface area contributed by atoms with Gasteiger partial charge >= 0.3 is 5.97 Å². The number of ether oxygens (including phenoxy) is 1. The number of hydrogen-bond donors (Lipinski definition) is 0. The topological polar surface area (TPSA) is 84.0 Å². The van der Waals surface area contributed by atoms with Gasteiger partial charge in [-0.25, -0.2) is 13.2 Å². The Kier molecular flexibility index (Phi) is 5.57. The number of nitrogens with zero attached hydrogens (tertiary/aromatic N) is 2. The van der Waals surface area contributed by atoms with Crippen molar-refractivity contribution in [1.29, 1.82) is 0 Å². The van der Waals surface area contributed by atoms with Crippen molar-refractivity contribution in [3.63, 3.8) is 0 Å². The van der Waals surface area contributed by atoms with Crippen molar-refractivity contribution in [3.05, 3.63) is 59.1 Å². The molecular formula is C22H23ClN2O5S. The number of halogens is 1. The van der Waals surface area contributed by atoms with E-state index in [1.54, 1.807) is 19.1 Å². The molecule has 0 aromatic heterocycles. The third kappa shape index (κ3) is 3.43. The normalized spacial score (nSPS) is 19.3. The van der Waals surface area contributed by atoms with Crippen LogP contribution in [0.1, 0.15) is 25.3 Å². The lowest BCUT2D eigenvalue weighted by Gasteiger charge is -2.38. The van der Waals surface area contributed by atoms with Gasteiger partial charge in [0.2, 0.25) is 15.9 Å². The van der Waals surface area contributed by atoms with Crippen molar-refractivity contribution < 1.29 is 22.7 Å². The summed E-state index contributed by atoms with van der Waals surface area (Å²) in [5, 5.41) is 0.463. The van der Waals surface area contributed by atoms with Crippen molar-refractivity contribution in [1.82, 2.24) is 4.31 Å². The molecule has 2 aromatic rings. The second kappa shape index (κ2) is 7.93. The summed E-state index contributed by atoms with van der Waals surface area (Å²) < 4.78 is 32.4. The molecule has 0 radical (unpaired) electrons. The molecule has 2 heterocycles. The van der Waals surface area contributed by atoms with Gasteiger partial charge in [-0.2, -0.15) is 4.31 Å². The van der Waals surface area contributed by atoms with Gasteiger partial charge in [0.15, 0.2) is 0 Å². The lowest BCUT2D eigenvalue weighted by atomic mass is 9.74. The average molecular weight is 463 g/mol. The minimum Gasteiger partial charge on any atom is -0.467 e. The fourth-order valence-corrected chi connectivity index (χ4v) is 6.12. The van der Waals surface area contributed by atoms with Crippen molar-refractivity contribution in [2.75, 3.05) is 25.1 Å². The fourth-order valence-electron chi connectivity index (χ4n) is 4.55. The number of hydrogen-bond acceptors (Lipinski definition) is 5. The van der Waals surface area contributed by atoms with Crippen LogP contribution in [0.3, 0.4) is 0 Å². The molecule has 1 spiro atoms. The van der Waals surface area contributed by atoms with Crippen LogP contribution in [0.25, 0.3) is 0 Å². The van der Waals surface area contributed by atoms with E-state index in [2.05, 4.69) is 0 Å². The monoisotopic (exact) mass is 462 g/mol. The number of amides is 1. The number of esters is 1. The molecule has 0 aliphatic carbocycles. The van der Waals surface area contributed by atoms with Crippen molar-refractivity contribution >= 4 is 39.2 Å². The molecular weight excluding hydrogens is 440 g/mol. The zero-order valence-electron chi connectivity index (χ0n) is 17.2. The first-order valence-electron chi connectivity index (χ1n) is 9.99. The van der Waals surface area contributed by atoms with Gasteiger partial charge in [-0.3, -0.25) is 9.69 Å². The summed E-state index contributed by atoms with van der Waals surface area (Å²) in [6.07, 6.45) is 0.667. The molecule has 0 N–H and O–H groups in total. The van der Waals surface area contributed by atoms with Crippen LogP contribution in [0, 0.1) is 0 Å². The Bertz CT molecular complexity index is 1120. The number of benzene rings is 2. The second-order valence-electron chi connectivity index (χ2n) is 7.83. The van der Waals surface area contributed by atoms with Gasteiger partial charge in [0.25, 0.3) is 0 Å². The van der Waals surface area contributed by atoms with Gasteiger partial charge in [0.1, 0.15) is 6.04 Å². The largest absolute Gasteiger partial charge is 0.467 e. The predicted octanol–water partition coefficient (Wildman–Crippen LogP) is 2.97. The van der Waals surface area contributed by atoms with Gasteiger partial charge in [-0.05, 0) is 55.7 Å². The average Bonchev–Trinajstić information content (AvgIpc) is 3.01. The number of anilines is 1. The molecule has 9 heteroatoms. The third-order valence-corrected chi connectivity index (χ3v) is 8.43. The number of rotatable bonds is 4. The maximum Gasteiger partial charge on any atom is 0.328 e. The highest BCUT2D eigenvalue weighted by Gasteiger charge is 2.54. The molecule has 0 saturated carbocycles. The molecule has 1 unspecified atom stereocenters. The van der Waals surface area contributed by atoms with E-state index in [4.69, 9.17) is 16.3 Å². The molecule has 2 aliphatic rings.